The first kappa shape index (κ1) is 23.0. The summed E-state index contributed by atoms with van der Waals surface area (Å²) in [7, 11) is 0. The van der Waals surface area contributed by atoms with Gasteiger partial charge in [0.1, 0.15) is 11.5 Å². The Morgan fingerprint density at radius 2 is 2.03 bits per heavy atom. The molecule has 1 fully saturated rings. The number of fused-ring (bicyclic) bond motifs is 5. The highest BCUT2D eigenvalue weighted by molar-refractivity contribution is 5.67. The van der Waals surface area contributed by atoms with E-state index in [1.807, 2.05) is 30.3 Å². The van der Waals surface area contributed by atoms with Gasteiger partial charge in [-0.1, -0.05) is 49.8 Å². The molecule has 0 radical (unpaired) electrons. The number of carbonyl (C=O) groups excluding carboxylic acids is 1. The Morgan fingerprint density at radius 1 is 1.21 bits per heavy atom. The molecule has 5 nitrogen and oxygen atoms in total. The molecule has 5 rings (SSSR count). The van der Waals surface area contributed by atoms with Crippen LogP contribution in [0.5, 0.6) is 5.75 Å². The van der Waals surface area contributed by atoms with E-state index in [4.69, 9.17) is 9.47 Å². The lowest BCUT2D eigenvalue weighted by molar-refractivity contribution is -0.138. The summed E-state index contributed by atoms with van der Waals surface area (Å²) in [6.07, 6.45) is 12.3. The van der Waals surface area contributed by atoms with Crippen LogP contribution in [-0.2, 0) is 9.53 Å². The maximum Gasteiger partial charge on any atom is 0.307 e. The molecule has 0 amide bonds. The van der Waals surface area contributed by atoms with Crippen molar-refractivity contribution < 1.29 is 19.4 Å². The first-order valence-corrected chi connectivity index (χ1v) is 12.7. The van der Waals surface area contributed by atoms with E-state index >= 15 is 0 Å². The van der Waals surface area contributed by atoms with Gasteiger partial charge in [0.25, 0.3) is 0 Å². The summed E-state index contributed by atoms with van der Waals surface area (Å²) in [6.45, 7) is 4.96. The van der Waals surface area contributed by atoms with Crippen molar-refractivity contribution in [3.05, 3.63) is 76.7 Å². The second-order valence-electron chi connectivity index (χ2n) is 9.98. The summed E-state index contributed by atoms with van der Waals surface area (Å²) in [5.41, 5.74) is 5.25. The number of para-hydroxylation sites is 1. The van der Waals surface area contributed by atoms with Crippen molar-refractivity contribution in [2.75, 3.05) is 13.2 Å². The van der Waals surface area contributed by atoms with E-state index < -0.39 is 6.10 Å². The van der Waals surface area contributed by atoms with Crippen molar-refractivity contribution in [1.29, 1.82) is 0 Å². The zero-order valence-electron chi connectivity index (χ0n) is 20.2. The first-order valence-electron chi connectivity index (χ1n) is 12.7. The molecule has 2 heterocycles. The minimum Gasteiger partial charge on any atom is -0.494 e. The molecule has 180 valence electrons. The van der Waals surface area contributed by atoms with Crippen molar-refractivity contribution in [3.63, 3.8) is 0 Å². The van der Waals surface area contributed by atoms with Gasteiger partial charge in [-0.15, -0.1) is 0 Å². The van der Waals surface area contributed by atoms with Gasteiger partial charge in [-0.3, -0.25) is 4.79 Å². The molecule has 1 unspecified atom stereocenters. The average Bonchev–Trinajstić information content (AvgIpc) is 2.84. The van der Waals surface area contributed by atoms with Crippen molar-refractivity contribution in [2.24, 2.45) is 11.8 Å². The molecule has 5 heteroatoms. The van der Waals surface area contributed by atoms with Gasteiger partial charge in [0, 0.05) is 25.8 Å². The number of aliphatic hydroxyl groups excluding tert-OH is 1. The molecule has 0 saturated heterocycles. The molecule has 1 aromatic carbocycles. The summed E-state index contributed by atoms with van der Waals surface area (Å²) in [5.74, 6) is 1.64. The molecule has 34 heavy (non-hydrogen) atoms. The summed E-state index contributed by atoms with van der Waals surface area (Å²) in [6, 6.07) is 10.2. The van der Waals surface area contributed by atoms with Gasteiger partial charge < -0.3 is 19.5 Å². The molecule has 1 saturated carbocycles. The first-order chi connectivity index (χ1) is 16.5. The maximum absolute atomic E-state index is 11.9. The number of carbonyl (C=O) groups is 1. The Balaban J connectivity index is 1.44. The summed E-state index contributed by atoms with van der Waals surface area (Å²) in [5, 5.41) is 10.6. The highest BCUT2D eigenvalue weighted by Gasteiger charge is 2.43. The van der Waals surface area contributed by atoms with Crippen LogP contribution in [0, 0.1) is 11.8 Å². The van der Waals surface area contributed by atoms with E-state index in [-0.39, 0.29) is 11.9 Å². The molecule has 0 spiro atoms. The number of esters is 1. The number of nitrogens with zero attached hydrogens (tertiary/aromatic N) is 1. The number of ether oxygens (including phenoxy) is 2. The van der Waals surface area contributed by atoms with Crippen LogP contribution in [0.15, 0.2) is 76.7 Å². The monoisotopic (exact) mass is 461 g/mol. The van der Waals surface area contributed by atoms with Gasteiger partial charge in [0.2, 0.25) is 0 Å². The van der Waals surface area contributed by atoms with E-state index in [9.17, 15) is 9.90 Å². The second-order valence-corrected chi connectivity index (χ2v) is 9.98. The smallest absolute Gasteiger partial charge is 0.307 e. The Hall–Kier alpha value is -2.79. The number of rotatable bonds is 6. The van der Waals surface area contributed by atoms with E-state index in [0.717, 1.165) is 30.7 Å². The fourth-order valence-corrected chi connectivity index (χ4v) is 5.98. The van der Waals surface area contributed by atoms with Crippen molar-refractivity contribution in [3.8, 4) is 5.75 Å². The Kier molecular flexibility index (Phi) is 6.64. The van der Waals surface area contributed by atoms with Gasteiger partial charge in [-0.05, 0) is 60.5 Å². The lowest BCUT2D eigenvalue weighted by atomic mass is 9.72. The summed E-state index contributed by atoms with van der Waals surface area (Å²) >= 11 is 0. The topological polar surface area (TPSA) is 59.0 Å². The minimum absolute atomic E-state index is 0.0729. The van der Waals surface area contributed by atoms with Crippen LogP contribution in [0.25, 0.3) is 0 Å². The van der Waals surface area contributed by atoms with E-state index in [2.05, 4.69) is 30.1 Å². The van der Waals surface area contributed by atoms with E-state index in [1.54, 1.807) is 0 Å². The van der Waals surface area contributed by atoms with Gasteiger partial charge in [0.05, 0.1) is 24.4 Å². The number of hydrogen-bond donors (Lipinski definition) is 1. The van der Waals surface area contributed by atoms with Crippen molar-refractivity contribution in [2.45, 2.75) is 64.5 Å². The minimum atomic E-state index is -0.514. The fraction of sp³-hybridized carbons (Fsp3) is 0.483. The number of allylic oxidation sites excluding steroid dienone is 4. The molecule has 1 aromatic rings. The van der Waals surface area contributed by atoms with Crippen LogP contribution in [0.2, 0.25) is 0 Å². The van der Waals surface area contributed by atoms with E-state index in [1.165, 1.54) is 36.5 Å². The van der Waals surface area contributed by atoms with Crippen molar-refractivity contribution >= 4 is 5.97 Å². The molecule has 4 atom stereocenters. The predicted octanol–water partition coefficient (Wildman–Crippen LogP) is 5.30. The van der Waals surface area contributed by atoms with Crippen LogP contribution < -0.4 is 4.74 Å². The Morgan fingerprint density at radius 3 is 2.82 bits per heavy atom. The summed E-state index contributed by atoms with van der Waals surface area (Å²) in [4.78, 5) is 14.3. The number of benzene rings is 1. The number of aliphatic hydroxyl groups is 1. The largest absolute Gasteiger partial charge is 0.494 e. The average molecular weight is 462 g/mol. The van der Waals surface area contributed by atoms with Gasteiger partial charge in [-0.25, -0.2) is 0 Å². The zero-order valence-corrected chi connectivity index (χ0v) is 20.2. The predicted molar refractivity (Wildman–Crippen MR) is 132 cm³/mol. The van der Waals surface area contributed by atoms with Crippen molar-refractivity contribution in [1.82, 2.24) is 4.90 Å². The van der Waals surface area contributed by atoms with Crippen LogP contribution >= 0.6 is 0 Å². The SMILES string of the molecule is CC(=O)OC1=C2C3C=C([C@@H](C)CCOc4ccccc4)C=CC3=C3CCCC[C@@H]3N2C[C@H](O)C1. The molecular weight excluding hydrogens is 426 g/mol. The molecule has 0 aromatic heterocycles. The van der Waals surface area contributed by atoms with Crippen LogP contribution in [0.4, 0.5) is 0 Å². The van der Waals surface area contributed by atoms with E-state index in [0.29, 0.717) is 37.3 Å². The standard InChI is InChI=1S/C29H35NO4/c1-19(14-15-33-23-8-4-3-5-9-23)21-12-13-24-25-10-6-7-11-27(25)30-18-22(32)17-28(34-20(2)31)29(30)26(24)16-21/h3-5,8-9,12-13,16,19,22,26-27,32H,6-7,10-11,14-15,17-18H2,1-2H3/t19-,22+,26?,27-/m0/s1. The third kappa shape index (κ3) is 4.58. The second kappa shape index (κ2) is 9.83. The fourth-order valence-electron chi connectivity index (χ4n) is 5.98. The third-order valence-electron chi connectivity index (χ3n) is 7.59. The maximum atomic E-state index is 11.9. The van der Waals surface area contributed by atoms with Crippen LogP contribution in [0.1, 0.15) is 52.4 Å². The number of hydrogen-bond acceptors (Lipinski definition) is 5. The van der Waals surface area contributed by atoms with Crippen LogP contribution in [0.3, 0.4) is 0 Å². The molecule has 4 aliphatic rings. The molecule has 1 N–H and O–H groups in total. The molecule has 2 aliphatic heterocycles. The van der Waals surface area contributed by atoms with Crippen LogP contribution in [-0.4, -0.2) is 41.3 Å². The third-order valence-corrected chi connectivity index (χ3v) is 7.59. The zero-order chi connectivity index (χ0) is 23.7. The normalized spacial score (nSPS) is 26.9. The molecule has 0 bridgehead atoms. The van der Waals surface area contributed by atoms with Gasteiger partial charge in [-0.2, -0.15) is 0 Å². The Bertz CT molecular complexity index is 1050. The molecule has 2 aliphatic carbocycles. The Labute approximate surface area is 202 Å². The highest BCUT2D eigenvalue weighted by Crippen LogP contribution is 2.48. The lowest BCUT2D eigenvalue weighted by Gasteiger charge is -2.50. The lowest BCUT2D eigenvalue weighted by Crippen LogP contribution is -2.50. The summed E-state index contributed by atoms with van der Waals surface area (Å²) < 4.78 is 11.7. The quantitative estimate of drug-likeness (QED) is 0.583. The van der Waals surface area contributed by atoms with Gasteiger partial charge in [0.15, 0.2) is 0 Å². The molecular formula is C29H35NO4. The highest BCUT2D eigenvalue weighted by atomic mass is 16.5. The van der Waals surface area contributed by atoms with Gasteiger partial charge >= 0.3 is 5.97 Å².